The van der Waals surface area contributed by atoms with Gasteiger partial charge in [0.05, 0.1) is 6.04 Å². The van der Waals surface area contributed by atoms with E-state index in [0.29, 0.717) is 6.04 Å². The first kappa shape index (κ1) is 9.07. The van der Waals surface area contributed by atoms with E-state index < -0.39 is 0 Å². The van der Waals surface area contributed by atoms with E-state index in [2.05, 4.69) is 67.1 Å². The van der Waals surface area contributed by atoms with E-state index in [9.17, 15) is 0 Å². The van der Waals surface area contributed by atoms with E-state index in [1.807, 2.05) is 0 Å². The molecule has 0 unspecified atom stereocenters. The van der Waals surface area contributed by atoms with Crippen molar-refractivity contribution in [1.29, 1.82) is 0 Å². The zero-order chi connectivity index (χ0) is 9.97. The predicted molar refractivity (Wildman–Crippen MR) is 59.4 cm³/mol. The second kappa shape index (κ2) is 3.70. The Hall–Kier alpha value is -1.50. The monoisotopic (exact) mass is 185 g/mol. The molecule has 2 rings (SSSR count). The molecule has 1 atom stereocenters. The first-order chi connectivity index (χ1) is 6.79. The molecule has 1 nitrogen and oxygen atoms in total. The number of hydrogen-bond donors (Lipinski definition) is 0. The second-order valence-electron chi connectivity index (χ2n) is 3.64. The minimum atomic E-state index is 0.422. The summed E-state index contributed by atoms with van der Waals surface area (Å²) in [4.78, 5) is 0. The van der Waals surface area contributed by atoms with E-state index in [-0.39, 0.29) is 0 Å². The Labute approximate surface area is 85.0 Å². The lowest BCUT2D eigenvalue weighted by molar-refractivity contribution is 0.626. The minimum Gasteiger partial charge on any atom is -0.345 e. The van der Waals surface area contributed by atoms with E-state index in [1.165, 1.54) is 11.3 Å². The van der Waals surface area contributed by atoms with Gasteiger partial charge in [-0.25, -0.2) is 0 Å². The van der Waals surface area contributed by atoms with Gasteiger partial charge in [-0.15, -0.1) is 0 Å². The Bertz CT molecular complexity index is 400. The highest BCUT2D eigenvalue weighted by Gasteiger charge is 2.07. The average Bonchev–Trinajstić information content (AvgIpc) is 2.65. The molecule has 0 amide bonds. The highest BCUT2D eigenvalue weighted by atomic mass is 15.0. The Morgan fingerprint density at radius 2 is 1.71 bits per heavy atom. The highest BCUT2D eigenvalue weighted by Crippen LogP contribution is 2.19. The summed E-state index contributed by atoms with van der Waals surface area (Å²) < 4.78 is 2.29. The molecule has 0 bridgehead atoms. The molecular formula is C13H15N. The lowest BCUT2D eigenvalue weighted by atomic mass is 10.1. The van der Waals surface area contributed by atoms with Gasteiger partial charge in [-0.1, -0.05) is 30.3 Å². The first-order valence-corrected chi connectivity index (χ1v) is 4.97. The first-order valence-electron chi connectivity index (χ1n) is 4.97. The largest absolute Gasteiger partial charge is 0.345 e. The molecule has 1 aromatic heterocycles. The summed E-state index contributed by atoms with van der Waals surface area (Å²) in [5, 5.41) is 0. The maximum absolute atomic E-state index is 2.29. The molecule has 2 aromatic rings. The second-order valence-corrected chi connectivity index (χ2v) is 3.64. The molecule has 72 valence electrons. The fourth-order valence-corrected chi connectivity index (χ4v) is 1.81. The van der Waals surface area contributed by atoms with Crippen molar-refractivity contribution in [2.45, 2.75) is 19.9 Å². The molecule has 0 aliphatic heterocycles. The molecular weight excluding hydrogens is 170 g/mol. The van der Waals surface area contributed by atoms with Gasteiger partial charge in [0.1, 0.15) is 0 Å². The zero-order valence-corrected chi connectivity index (χ0v) is 8.64. The number of nitrogens with zero attached hydrogens (tertiary/aromatic N) is 1. The van der Waals surface area contributed by atoms with Crippen LogP contribution in [0.15, 0.2) is 48.7 Å². The fraction of sp³-hybridized carbons (Fsp3) is 0.231. The lowest BCUT2D eigenvalue weighted by Gasteiger charge is -2.16. The van der Waals surface area contributed by atoms with Crippen LogP contribution >= 0.6 is 0 Å². The molecule has 1 heterocycles. The number of aromatic nitrogens is 1. The molecule has 14 heavy (non-hydrogen) atoms. The van der Waals surface area contributed by atoms with Crippen LogP contribution in [0.4, 0.5) is 0 Å². The molecule has 0 saturated carbocycles. The van der Waals surface area contributed by atoms with Gasteiger partial charge in [0.15, 0.2) is 0 Å². The van der Waals surface area contributed by atoms with Crippen molar-refractivity contribution in [3.8, 4) is 0 Å². The topological polar surface area (TPSA) is 4.93 Å². The van der Waals surface area contributed by atoms with Gasteiger partial charge in [0, 0.05) is 11.9 Å². The normalized spacial score (nSPS) is 12.7. The average molecular weight is 185 g/mol. The highest BCUT2D eigenvalue weighted by molar-refractivity contribution is 5.21. The number of benzene rings is 1. The van der Waals surface area contributed by atoms with Crippen molar-refractivity contribution < 1.29 is 0 Å². The van der Waals surface area contributed by atoms with Gasteiger partial charge >= 0.3 is 0 Å². The van der Waals surface area contributed by atoms with Gasteiger partial charge in [0.25, 0.3) is 0 Å². The third-order valence-electron chi connectivity index (χ3n) is 2.69. The van der Waals surface area contributed by atoms with E-state index in [4.69, 9.17) is 0 Å². The molecule has 0 aliphatic rings. The van der Waals surface area contributed by atoms with Gasteiger partial charge in [0.2, 0.25) is 0 Å². The van der Waals surface area contributed by atoms with Crippen LogP contribution in [0, 0.1) is 6.92 Å². The molecule has 1 heteroatoms. The Morgan fingerprint density at radius 3 is 2.29 bits per heavy atom. The standard InChI is InChI=1S/C13H15N/c1-11-7-6-10-14(11)12(2)13-8-4-3-5-9-13/h3-10,12H,1-2H3/t12-/m1/s1. The molecule has 0 aliphatic carbocycles. The van der Waals surface area contributed by atoms with Crippen LogP contribution in [0.5, 0.6) is 0 Å². The summed E-state index contributed by atoms with van der Waals surface area (Å²) in [5.74, 6) is 0. The number of hydrogen-bond acceptors (Lipinski definition) is 0. The van der Waals surface area contributed by atoms with Gasteiger partial charge in [-0.2, -0.15) is 0 Å². The summed E-state index contributed by atoms with van der Waals surface area (Å²) >= 11 is 0. The Morgan fingerprint density at radius 1 is 1.00 bits per heavy atom. The summed E-state index contributed by atoms with van der Waals surface area (Å²) in [7, 11) is 0. The van der Waals surface area contributed by atoms with Crippen LogP contribution in [0.25, 0.3) is 0 Å². The van der Waals surface area contributed by atoms with Gasteiger partial charge in [-0.3, -0.25) is 0 Å². The van der Waals surface area contributed by atoms with Crippen molar-refractivity contribution in [3.05, 3.63) is 59.9 Å². The minimum absolute atomic E-state index is 0.422. The molecule has 0 saturated heterocycles. The fourth-order valence-electron chi connectivity index (χ4n) is 1.81. The van der Waals surface area contributed by atoms with Crippen molar-refractivity contribution >= 4 is 0 Å². The van der Waals surface area contributed by atoms with Crippen LogP contribution in [-0.4, -0.2) is 4.57 Å². The van der Waals surface area contributed by atoms with Gasteiger partial charge in [-0.05, 0) is 31.5 Å². The summed E-state index contributed by atoms with van der Waals surface area (Å²) in [6.45, 7) is 4.36. The third kappa shape index (κ3) is 1.58. The predicted octanol–water partition coefficient (Wildman–Crippen LogP) is 3.41. The quantitative estimate of drug-likeness (QED) is 0.675. The Balaban J connectivity index is 2.34. The summed E-state index contributed by atoms with van der Waals surface area (Å²) in [6.07, 6.45) is 2.13. The molecule has 0 radical (unpaired) electrons. The molecule has 0 N–H and O–H groups in total. The van der Waals surface area contributed by atoms with Crippen LogP contribution in [-0.2, 0) is 0 Å². The van der Waals surface area contributed by atoms with Crippen molar-refractivity contribution in [3.63, 3.8) is 0 Å². The smallest absolute Gasteiger partial charge is 0.0554 e. The van der Waals surface area contributed by atoms with Crippen LogP contribution in [0.2, 0.25) is 0 Å². The summed E-state index contributed by atoms with van der Waals surface area (Å²) in [6, 6.07) is 15.2. The van der Waals surface area contributed by atoms with E-state index in [1.54, 1.807) is 0 Å². The van der Waals surface area contributed by atoms with Crippen LogP contribution in [0.1, 0.15) is 24.2 Å². The molecule has 0 spiro atoms. The maximum Gasteiger partial charge on any atom is 0.0554 e. The maximum atomic E-state index is 2.29. The van der Waals surface area contributed by atoms with E-state index in [0.717, 1.165) is 0 Å². The Kier molecular flexibility index (Phi) is 2.40. The van der Waals surface area contributed by atoms with E-state index >= 15 is 0 Å². The SMILES string of the molecule is Cc1cccn1[C@H](C)c1ccccc1. The summed E-state index contributed by atoms with van der Waals surface area (Å²) in [5.41, 5.74) is 2.66. The van der Waals surface area contributed by atoms with Crippen molar-refractivity contribution in [2.75, 3.05) is 0 Å². The van der Waals surface area contributed by atoms with Crippen molar-refractivity contribution in [2.24, 2.45) is 0 Å². The van der Waals surface area contributed by atoms with Crippen molar-refractivity contribution in [1.82, 2.24) is 4.57 Å². The number of aryl methyl sites for hydroxylation is 1. The zero-order valence-electron chi connectivity index (χ0n) is 8.64. The van der Waals surface area contributed by atoms with Crippen LogP contribution < -0.4 is 0 Å². The van der Waals surface area contributed by atoms with Gasteiger partial charge < -0.3 is 4.57 Å². The third-order valence-corrected chi connectivity index (χ3v) is 2.69. The number of rotatable bonds is 2. The van der Waals surface area contributed by atoms with Crippen LogP contribution in [0.3, 0.4) is 0 Å². The molecule has 0 fully saturated rings. The molecule has 1 aromatic carbocycles. The lowest BCUT2D eigenvalue weighted by Crippen LogP contribution is -2.06.